The van der Waals surface area contributed by atoms with Gasteiger partial charge in [0.05, 0.1) is 10.9 Å². The highest BCUT2D eigenvalue weighted by Crippen LogP contribution is 2.41. The number of halogens is 2. The first-order valence-corrected chi connectivity index (χ1v) is 9.88. The summed E-state index contributed by atoms with van der Waals surface area (Å²) in [6, 6.07) is 7.07. The van der Waals surface area contributed by atoms with Crippen molar-refractivity contribution in [1.29, 1.82) is 0 Å². The monoisotopic (exact) mass is 424 g/mol. The Morgan fingerprint density at radius 2 is 2.16 bits per heavy atom. The van der Waals surface area contributed by atoms with E-state index in [0.29, 0.717) is 29.9 Å². The molecule has 1 saturated carbocycles. The lowest BCUT2D eigenvalue weighted by molar-refractivity contribution is 0.0779. The van der Waals surface area contributed by atoms with Gasteiger partial charge in [0.2, 0.25) is 0 Å². The third kappa shape index (κ3) is 3.29. The maximum Gasteiger partial charge on any atom is 0.263 e. The van der Waals surface area contributed by atoms with Gasteiger partial charge in [-0.2, -0.15) is 0 Å². The Balaban J connectivity index is 1.47. The average molecular weight is 425 g/mol. The number of hydrogen-bond acceptors (Lipinski definition) is 5. The molecule has 1 aliphatic heterocycles. The Morgan fingerprint density at radius 3 is 2.84 bits per heavy atom. The molecule has 0 aromatic carbocycles. The first kappa shape index (κ1) is 16.9. The molecule has 2 fully saturated rings. The highest BCUT2D eigenvalue weighted by Gasteiger charge is 2.49. The summed E-state index contributed by atoms with van der Waals surface area (Å²) in [4.78, 5) is 16.4. The fraction of sp³-hybridized carbons (Fsp3) is 0.471. The molecule has 5 nitrogen and oxygen atoms in total. The molecular weight excluding hydrogens is 407 g/mol. The Kier molecular flexibility index (Phi) is 4.49. The molecule has 1 aliphatic carbocycles. The van der Waals surface area contributed by atoms with Gasteiger partial charge in [-0.15, -0.1) is 21.5 Å². The first-order valence-electron chi connectivity index (χ1n) is 8.27. The molecule has 3 heterocycles. The molecule has 1 amide bonds. The molecule has 25 heavy (non-hydrogen) atoms. The molecule has 4 rings (SSSR count). The summed E-state index contributed by atoms with van der Waals surface area (Å²) < 4.78 is 15.1. The van der Waals surface area contributed by atoms with Gasteiger partial charge in [-0.1, -0.05) is 0 Å². The quantitative estimate of drug-likeness (QED) is 0.818. The number of carbonyl (C=O) groups is 1. The third-order valence-corrected chi connectivity index (χ3v) is 6.47. The van der Waals surface area contributed by atoms with Crippen LogP contribution in [0.3, 0.4) is 0 Å². The van der Waals surface area contributed by atoms with Crippen molar-refractivity contribution in [3.63, 3.8) is 0 Å². The van der Waals surface area contributed by atoms with Gasteiger partial charge in [0.25, 0.3) is 5.91 Å². The van der Waals surface area contributed by atoms with Crippen LogP contribution in [0, 0.1) is 18.8 Å². The number of hydrogen-bond donors (Lipinski definition) is 1. The molecule has 2 aromatic rings. The van der Waals surface area contributed by atoms with Gasteiger partial charge in [0.15, 0.2) is 0 Å². The second kappa shape index (κ2) is 6.64. The number of nitrogens with one attached hydrogen (secondary N) is 1. The standard InChI is InChI=1S/C17H18BrFN4OS/c1-9-2-3-13(25-9)17(24)23-7-10-6-12(19)16(11(10)8-23)20-15-5-4-14(18)21-22-15/h2-5,10-12,16H,6-8H2,1H3,(H,20,22)/t10-,11+,12+,16-/m0/s1. The number of aryl methyl sites for hydroxylation is 1. The van der Waals surface area contributed by atoms with E-state index in [1.54, 1.807) is 12.1 Å². The summed E-state index contributed by atoms with van der Waals surface area (Å²) >= 11 is 4.76. The number of carbonyl (C=O) groups excluding carboxylic acids is 1. The van der Waals surface area contributed by atoms with Crippen LogP contribution in [0.4, 0.5) is 10.2 Å². The largest absolute Gasteiger partial charge is 0.363 e. The van der Waals surface area contributed by atoms with Crippen molar-refractivity contribution in [3.8, 4) is 0 Å². The Morgan fingerprint density at radius 1 is 1.32 bits per heavy atom. The summed E-state index contributed by atoms with van der Waals surface area (Å²) in [7, 11) is 0. The normalized spacial score (nSPS) is 28.2. The van der Waals surface area contributed by atoms with Crippen LogP contribution in [0.5, 0.6) is 0 Å². The van der Waals surface area contributed by atoms with Crippen molar-refractivity contribution in [1.82, 2.24) is 15.1 Å². The van der Waals surface area contributed by atoms with Gasteiger partial charge in [-0.3, -0.25) is 4.79 Å². The summed E-state index contributed by atoms with van der Waals surface area (Å²) in [6.45, 7) is 3.21. The minimum absolute atomic E-state index is 0.0603. The number of anilines is 1. The topological polar surface area (TPSA) is 58.1 Å². The lowest BCUT2D eigenvalue weighted by Gasteiger charge is -2.23. The first-order chi connectivity index (χ1) is 12.0. The fourth-order valence-electron chi connectivity index (χ4n) is 3.89. The molecule has 0 unspecified atom stereocenters. The van der Waals surface area contributed by atoms with Gasteiger partial charge < -0.3 is 10.2 Å². The number of aromatic nitrogens is 2. The lowest BCUT2D eigenvalue weighted by atomic mass is 9.98. The summed E-state index contributed by atoms with van der Waals surface area (Å²) in [5.74, 6) is 0.923. The van der Waals surface area contributed by atoms with Crippen molar-refractivity contribution in [3.05, 3.63) is 38.6 Å². The van der Waals surface area contributed by atoms with E-state index >= 15 is 0 Å². The summed E-state index contributed by atoms with van der Waals surface area (Å²) in [5.41, 5.74) is 0. The minimum Gasteiger partial charge on any atom is -0.363 e. The van der Waals surface area contributed by atoms with E-state index in [2.05, 4.69) is 31.4 Å². The SMILES string of the molecule is Cc1ccc(C(=O)N2C[C@@H]3C[C@@H](F)[C@@H](Nc4ccc(Br)nn4)[C@@H]3C2)s1. The zero-order chi connectivity index (χ0) is 17.6. The summed E-state index contributed by atoms with van der Waals surface area (Å²) in [6.07, 6.45) is -0.443. The Hall–Kier alpha value is -1.54. The third-order valence-electron chi connectivity index (χ3n) is 5.06. The van der Waals surface area contributed by atoms with Crippen LogP contribution in [0.2, 0.25) is 0 Å². The molecule has 0 radical (unpaired) electrons. The maximum absolute atomic E-state index is 14.5. The zero-order valence-corrected chi connectivity index (χ0v) is 16.1. The van der Waals surface area contributed by atoms with E-state index in [-0.39, 0.29) is 23.8 Å². The molecule has 2 aliphatic rings. The molecular formula is C17H18BrFN4OS. The van der Waals surface area contributed by atoms with Gasteiger partial charge >= 0.3 is 0 Å². The average Bonchev–Trinajstić information content (AvgIpc) is 3.26. The van der Waals surface area contributed by atoms with Crippen LogP contribution in [0.15, 0.2) is 28.9 Å². The number of nitrogens with zero attached hydrogens (tertiary/aromatic N) is 3. The highest BCUT2D eigenvalue weighted by atomic mass is 79.9. The number of fused-ring (bicyclic) bond motifs is 1. The predicted molar refractivity (Wildman–Crippen MR) is 98.6 cm³/mol. The summed E-state index contributed by atoms with van der Waals surface area (Å²) in [5, 5.41) is 11.2. The predicted octanol–water partition coefficient (Wildman–Crippen LogP) is 3.52. The van der Waals surface area contributed by atoms with Crippen molar-refractivity contribution in [2.24, 2.45) is 11.8 Å². The second-order valence-electron chi connectivity index (χ2n) is 6.71. The van der Waals surface area contributed by atoms with Gasteiger partial charge in [-0.05, 0) is 59.5 Å². The molecule has 132 valence electrons. The molecule has 0 spiro atoms. The molecule has 8 heteroatoms. The van der Waals surface area contributed by atoms with Crippen LogP contribution < -0.4 is 5.32 Å². The fourth-order valence-corrected chi connectivity index (χ4v) is 4.94. The highest BCUT2D eigenvalue weighted by molar-refractivity contribution is 9.10. The number of rotatable bonds is 3. The smallest absolute Gasteiger partial charge is 0.263 e. The van der Waals surface area contributed by atoms with Crippen LogP contribution in [-0.2, 0) is 0 Å². The van der Waals surface area contributed by atoms with E-state index in [0.717, 1.165) is 9.75 Å². The van der Waals surface area contributed by atoms with Gasteiger partial charge in [-0.25, -0.2) is 4.39 Å². The molecule has 0 bridgehead atoms. The van der Waals surface area contributed by atoms with E-state index in [1.165, 1.54) is 11.3 Å². The van der Waals surface area contributed by atoms with Crippen LogP contribution in [-0.4, -0.2) is 46.3 Å². The second-order valence-corrected chi connectivity index (χ2v) is 8.81. The van der Waals surface area contributed by atoms with E-state index in [9.17, 15) is 9.18 Å². The maximum atomic E-state index is 14.5. The number of thiophene rings is 1. The van der Waals surface area contributed by atoms with Crippen LogP contribution in [0.1, 0.15) is 21.0 Å². The van der Waals surface area contributed by atoms with Crippen LogP contribution >= 0.6 is 27.3 Å². The van der Waals surface area contributed by atoms with Crippen molar-refractivity contribution in [2.45, 2.75) is 25.6 Å². The zero-order valence-electron chi connectivity index (χ0n) is 13.7. The van der Waals surface area contributed by atoms with E-state index in [1.807, 2.05) is 24.0 Å². The number of amides is 1. The molecule has 1 saturated heterocycles. The Bertz CT molecular complexity index is 783. The minimum atomic E-state index is -0.929. The van der Waals surface area contributed by atoms with Gasteiger partial charge in [0.1, 0.15) is 16.6 Å². The van der Waals surface area contributed by atoms with Crippen LogP contribution in [0.25, 0.3) is 0 Å². The number of likely N-dealkylation sites (tertiary alicyclic amines) is 1. The van der Waals surface area contributed by atoms with E-state index < -0.39 is 6.17 Å². The van der Waals surface area contributed by atoms with Crippen molar-refractivity contribution < 1.29 is 9.18 Å². The number of alkyl halides is 1. The van der Waals surface area contributed by atoms with Crippen molar-refractivity contribution in [2.75, 3.05) is 18.4 Å². The Labute approximate surface area is 157 Å². The van der Waals surface area contributed by atoms with E-state index in [4.69, 9.17) is 0 Å². The van der Waals surface area contributed by atoms with Crippen molar-refractivity contribution >= 4 is 39.0 Å². The molecule has 2 aromatic heterocycles. The van der Waals surface area contributed by atoms with Gasteiger partial charge in [0, 0.05) is 23.9 Å². The molecule has 1 N–H and O–H groups in total. The molecule has 4 atom stereocenters. The lowest BCUT2D eigenvalue weighted by Crippen LogP contribution is -2.37.